The van der Waals surface area contributed by atoms with Crippen LogP contribution in [0.2, 0.25) is 5.02 Å². The smallest absolute Gasteiger partial charge is 0.421 e. The van der Waals surface area contributed by atoms with Crippen LogP contribution in [0.15, 0.2) is 46.2 Å². The number of aromatic hydroxyl groups is 1. The summed E-state index contributed by atoms with van der Waals surface area (Å²) < 4.78 is 63.7. The predicted molar refractivity (Wildman–Crippen MR) is 85.4 cm³/mol. The highest BCUT2D eigenvalue weighted by atomic mass is 35.5. The fourth-order valence-corrected chi connectivity index (χ4v) is 3.89. The molecule has 0 spiro atoms. The molecule has 0 saturated heterocycles. The van der Waals surface area contributed by atoms with E-state index in [1.54, 1.807) is 6.07 Å². The average molecular weight is 408 g/mol. The Morgan fingerprint density at radius 2 is 1.65 bits per heavy atom. The Labute approximate surface area is 151 Å². The number of sulfone groups is 1. The van der Waals surface area contributed by atoms with Gasteiger partial charge in [0.25, 0.3) is 0 Å². The maximum atomic E-state index is 12.8. The number of phenolic OH excluding ortho intramolecular Hbond substituents is 1. The molecule has 0 bridgehead atoms. The molecule has 0 unspecified atom stereocenters. The normalized spacial score (nSPS) is 14.5. The fraction of sp³-hybridized carbons (Fsp3) is 0.188. The van der Waals surface area contributed by atoms with Crippen molar-refractivity contribution in [1.29, 1.82) is 5.26 Å². The van der Waals surface area contributed by atoms with E-state index in [9.17, 15) is 31.8 Å². The largest absolute Gasteiger partial charge is 0.505 e. The zero-order valence-electron chi connectivity index (χ0n) is 13.0. The van der Waals surface area contributed by atoms with Crippen LogP contribution in [0.1, 0.15) is 18.1 Å². The molecule has 0 amide bonds. The maximum Gasteiger partial charge on any atom is 0.421 e. The lowest BCUT2D eigenvalue weighted by atomic mass is 9.96. The van der Waals surface area contributed by atoms with Gasteiger partial charge in [0.2, 0.25) is 9.84 Å². The summed E-state index contributed by atoms with van der Waals surface area (Å²) in [5, 5.41) is 27.6. The van der Waals surface area contributed by atoms with Crippen LogP contribution in [0, 0.1) is 11.3 Å². The van der Waals surface area contributed by atoms with Gasteiger partial charge in [0.15, 0.2) is 11.4 Å². The number of alkyl halides is 3. The quantitative estimate of drug-likeness (QED) is 0.811. The van der Waals surface area contributed by atoms with E-state index in [2.05, 4.69) is 0 Å². The van der Waals surface area contributed by atoms with Gasteiger partial charge in [0.05, 0.1) is 15.4 Å². The summed E-state index contributed by atoms with van der Waals surface area (Å²) in [6.07, 6.45) is -4.95. The molecule has 0 radical (unpaired) electrons. The zero-order chi connectivity index (χ0) is 19.9. The highest BCUT2D eigenvalue weighted by Crippen LogP contribution is 2.40. The molecule has 1 atom stereocenters. The second-order valence-corrected chi connectivity index (χ2v) is 7.78. The lowest BCUT2D eigenvalue weighted by Gasteiger charge is -2.26. The van der Waals surface area contributed by atoms with Gasteiger partial charge >= 0.3 is 6.18 Å². The minimum atomic E-state index is -4.95. The van der Waals surface area contributed by atoms with E-state index in [-0.39, 0.29) is 5.56 Å². The van der Waals surface area contributed by atoms with Gasteiger partial charge in [0.1, 0.15) is 11.1 Å². The van der Waals surface area contributed by atoms with Crippen molar-refractivity contribution >= 4 is 21.4 Å². The Morgan fingerprint density at radius 3 is 2.12 bits per heavy atom. The Bertz CT molecular complexity index is 994. The molecular weight excluding hydrogens is 397 g/mol. The summed E-state index contributed by atoms with van der Waals surface area (Å²) in [7, 11) is -4.28. The fourth-order valence-electron chi connectivity index (χ4n) is 2.09. The first-order valence-electron chi connectivity index (χ1n) is 6.90. The van der Waals surface area contributed by atoms with Crippen molar-refractivity contribution in [3.63, 3.8) is 0 Å². The first-order valence-corrected chi connectivity index (χ1v) is 8.76. The molecular formula is C16H11ClF3NO4S. The van der Waals surface area contributed by atoms with Crippen LogP contribution in [0.3, 0.4) is 0 Å². The third-order valence-corrected chi connectivity index (χ3v) is 6.08. The number of nitrogens with zero attached hydrogens (tertiary/aromatic N) is 1. The third kappa shape index (κ3) is 3.23. The molecule has 0 fully saturated rings. The summed E-state index contributed by atoms with van der Waals surface area (Å²) >= 11 is 5.81. The number of hydrogen-bond donors (Lipinski definition) is 2. The highest BCUT2D eigenvalue weighted by molar-refractivity contribution is 7.91. The average Bonchev–Trinajstić information content (AvgIpc) is 2.56. The Kier molecular flexibility index (Phi) is 4.98. The van der Waals surface area contributed by atoms with Crippen molar-refractivity contribution in [3.05, 3.63) is 52.5 Å². The standard InChI is InChI=1S/C16H11ClF3NO4S/c1-15(23,16(18,19)20)10-3-5-11(6-4-10)26(24,25)12-7-2-9(8-21)14(22)13(12)17/h2-7,22-23H,1H3/t15-/m0/s1/i8+2. The first kappa shape index (κ1) is 20.0. The summed E-state index contributed by atoms with van der Waals surface area (Å²) in [5.41, 5.74) is -3.93. The Morgan fingerprint density at radius 1 is 1.12 bits per heavy atom. The molecule has 0 aromatic heterocycles. The van der Waals surface area contributed by atoms with Crippen LogP contribution < -0.4 is 0 Å². The SMILES string of the molecule is C[C@](O)(c1ccc(S(=O)(=O)c2ccc([14C]#N)c(O)c2Cl)cc1)C(F)(F)F. The van der Waals surface area contributed by atoms with Crippen LogP contribution in [-0.4, -0.2) is 24.8 Å². The molecule has 5 nitrogen and oxygen atoms in total. The monoisotopic (exact) mass is 407 g/mol. The van der Waals surface area contributed by atoms with E-state index in [0.717, 1.165) is 36.4 Å². The van der Waals surface area contributed by atoms with Crippen LogP contribution in [0.4, 0.5) is 13.2 Å². The zero-order valence-corrected chi connectivity index (χ0v) is 14.6. The second kappa shape index (κ2) is 6.46. The van der Waals surface area contributed by atoms with Crippen molar-refractivity contribution in [2.75, 3.05) is 0 Å². The van der Waals surface area contributed by atoms with Gasteiger partial charge < -0.3 is 10.2 Å². The molecule has 138 valence electrons. The number of benzene rings is 2. The number of hydrogen-bond acceptors (Lipinski definition) is 5. The number of nitriles is 1. The lowest BCUT2D eigenvalue weighted by Crippen LogP contribution is -2.39. The van der Waals surface area contributed by atoms with Crippen LogP contribution >= 0.6 is 11.6 Å². The van der Waals surface area contributed by atoms with Gasteiger partial charge in [-0.25, -0.2) is 8.42 Å². The minimum Gasteiger partial charge on any atom is -0.505 e. The molecule has 2 aromatic carbocycles. The molecule has 2 aromatic rings. The van der Waals surface area contributed by atoms with E-state index >= 15 is 0 Å². The van der Waals surface area contributed by atoms with E-state index < -0.39 is 47.7 Å². The molecule has 0 heterocycles. The topological polar surface area (TPSA) is 98.4 Å². The molecule has 2 rings (SSSR count). The molecule has 0 aliphatic rings. The molecule has 0 saturated carbocycles. The predicted octanol–water partition coefficient (Wildman–Crippen LogP) is 3.52. The van der Waals surface area contributed by atoms with E-state index in [1.165, 1.54) is 0 Å². The summed E-state index contributed by atoms with van der Waals surface area (Å²) in [6.45, 7) is 0.548. The first-order chi connectivity index (χ1) is 11.8. The summed E-state index contributed by atoms with van der Waals surface area (Å²) in [4.78, 5) is -0.906. The third-order valence-electron chi connectivity index (χ3n) is 3.77. The van der Waals surface area contributed by atoms with Gasteiger partial charge in [-0.15, -0.1) is 0 Å². The van der Waals surface area contributed by atoms with Gasteiger partial charge in [-0.3, -0.25) is 0 Å². The maximum absolute atomic E-state index is 12.8. The van der Waals surface area contributed by atoms with Crippen molar-refractivity contribution in [2.24, 2.45) is 0 Å². The van der Waals surface area contributed by atoms with Crippen molar-refractivity contribution in [1.82, 2.24) is 0 Å². The Hall–Kier alpha value is -2.28. The van der Waals surface area contributed by atoms with Crippen molar-refractivity contribution < 1.29 is 31.8 Å². The van der Waals surface area contributed by atoms with Crippen molar-refractivity contribution in [2.45, 2.75) is 28.5 Å². The van der Waals surface area contributed by atoms with Gasteiger partial charge in [-0.1, -0.05) is 23.7 Å². The van der Waals surface area contributed by atoms with Crippen LogP contribution in [0.5, 0.6) is 5.75 Å². The van der Waals surface area contributed by atoms with Crippen molar-refractivity contribution in [3.8, 4) is 11.8 Å². The van der Waals surface area contributed by atoms with Crippen LogP contribution in [0.25, 0.3) is 0 Å². The van der Waals surface area contributed by atoms with E-state index in [4.69, 9.17) is 16.9 Å². The number of aliphatic hydroxyl groups is 1. The molecule has 0 aliphatic carbocycles. The van der Waals surface area contributed by atoms with Gasteiger partial charge in [-0.05, 0) is 36.8 Å². The van der Waals surface area contributed by atoms with E-state index in [1.807, 2.05) is 0 Å². The number of phenols is 1. The van der Waals surface area contributed by atoms with Gasteiger partial charge in [-0.2, -0.15) is 18.4 Å². The van der Waals surface area contributed by atoms with Gasteiger partial charge in [0, 0.05) is 0 Å². The van der Waals surface area contributed by atoms with Crippen LogP contribution in [-0.2, 0) is 15.4 Å². The molecule has 26 heavy (non-hydrogen) atoms. The lowest BCUT2D eigenvalue weighted by molar-refractivity contribution is -0.258. The highest BCUT2D eigenvalue weighted by Gasteiger charge is 2.51. The molecule has 0 aliphatic heterocycles. The second-order valence-electron chi connectivity index (χ2n) is 5.48. The number of halogens is 4. The Balaban J connectivity index is 2.53. The molecule has 10 heteroatoms. The summed E-state index contributed by atoms with van der Waals surface area (Å²) in [5.74, 6) is -0.716. The number of rotatable bonds is 3. The van der Waals surface area contributed by atoms with E-state index in [0.29, 0.717) is 6.92 Å². The minimum absolute atomic E-state index is 0.231. The molecule has 2 N–H and O–H groups in total. The summed E-state index contributed by atoms with van der Waals surface area (Å²) in [6, 6.07) is 7.12.